The predicted octanol–water partition coefficient (Wildman–Crippen LogP) is 3.91. The lowest BCUT2D eigenvalue weighted by Gasteiger charge is -2.14. The number of halogens is 1. The van der Waals surface area contributed by atoms with E-state index < -0.39 is 6.03 Å². The van der Waals surface area contributed by atoms with Gasteiger partial charge in [-0.15, -0.1) is 0 Å². The van der Waals surface area contributed by atoms with E-state index in [4.69, 9.17) is 4.74 Å². The van der Waals surface area contributed by atoms with Gasteiger partial charge >= 0.3 is 6.03 Å². The summed E-state index contributed by atoms with van der Waals surface area (Å²) in [5.74, 6) is 0.432. The molecule has 0 unspecified atom stereocenters. The van der Waals surface area contributed by atoms with Gasteiger partial charge in [0.05, 0.1) is 0 Å². The first-order chi connectivity index (χ1) is 10.5. The summed E-state index contributed by atoms with van der Waals surface area (Å²) in [7, 11) is 0. The number of aryl methyl sites for hydroxylation is 2. The number of ether oxygens (including phenoxy) is 1. The molecule has 2 rings (SSSR count). The fourth-order valence-electron chi connectivity index (χ4n) is 2.03. The summed E-state index contributed by atoms with van der Waals surface area (Å²) in [6, 6.07) is 9.16. The third-order valence-corrected chi connectivity index (χ3v) is 3.42. The highest BCUT2D eigenvalue weighted by atomic mass is 19.1. The molecule has 0 aliphatic carbocycles. The first-order valence-electron chi connectivity index (χ1n) is 6.97. The third-order valence-electron chi connectivity index (χ3n) is 3.42. The van der Waals surface area contributed by atoms with Crippen molar-refractivity contribution in [3.8, 4) is 5.75 Å². The molecule has 0 aromatic heterocycles. The van der Waals surface area contributed by atoms with Gasteiger partial charge in [0.15, 0.2) is 6.73 Å². The molecule has 116 valence electrons. The number of hydrogen-bond donors (Lipinski definition) is 2. The van der Waals surface area contributed by atoms with Gasteiger partial charge in [-0.3, -0.25) is 0 Å². The summed E-state index contributed by atoms with van der Waals surface area (Å²) in [6.07, 6.45) is 0. The highest BCUT2D eigenvalue weighted by Gasteiger charge is 2.07. The number of carbonyl (C=O) groups excluding carboxylic acids is 1. The molecule has 0 aliphatic rings. The summed E-state index contributed by atoms with van der Waals surface area (Å²) in [6.45, 7) is 6.01. The number of hydrogen-bond acceptors (Lipinski definition) is 2. The van der Waals surface area contributed by atoms with Gasteiger partial charge < -0.3 is 15.4 Å². The molecular formula is C17H19FN2O2. The minimum absolute atomic E-state index is 0.0537. The first-order valence-corrected chi connectivity index (χ1v) is 6.97. The molecule has 0 fully saturated rings. The minimum Gasteiger partial charge on any atom is -0.473 e. The number of amides is 2. The van der Waals surface area contributed by atoms with Crippen molar-refractivity contribution in [1.29, 1.82) is 0 Å². The summed E-state index contributed by atoms with van der Waals surface area (Å²) in [5, 5.41) is 5.20. The van der Waals surface area contributed by atoms with Crippen LogP contribution in [0.2, 0.25) is 0 Å². The maximum absolute atomic E-state index is 12.8. The van der Waals surface area contributed by atoms with Crippen LogP contribution in [0.25, 0.3) is 0 Å². The molecule has 0 spiro atoms. The van der Waals surface area contributed by atoms with Crippen molar-refractivity contribution in [1.82, 2.24) is 5.32 Å². The quantitative estimate of drug-likeness (QED) is 0.841. The molecule has 0 saturated heterocycles. The number of carbonyl (C=O) groups is 1. The van der Waals surface area contributed by atoms with Crippen molar-refractivity contribution in [2.24, 2.45) is 0 Å². The summed E-state index contributed by atoms with van der Waals surface area (Å²) in [5.41, 5.74) is 3.72. The fraction of sp³-hybridized carbons (Fsp3) is 0.235. The number of nitrogens with one attached hydrogen (secondary N) is 2. The zero-order valence-corrected chi connectivity index (χ0v) is 12.9. The van der Waals surface area contributed by atoms with E-state index in [1.807, 2.05) is 32.9 Å². The zero-order valence-electron chi connectivity index (χ0n) is 12.9. The molecule has 0 radical (unpaired) electrons. The average molecular weight is 302 g/mol. The minimum atomic E-state index is -0.408. The van der Waals surface area contributed by atoms with Gasteiger partial charge in [0.25, 0.3) is 0 Å². The average Bonchev–Trinajstić information content (AvgIpc) is 2.49. The largest absolute Gasteiger partial charge is 0.473 e. The lowest BCUT2D eigenvalue weighted by Crippen LogP contribution is -2.32. The van der Waals surface area contributed by atoms with Crippen LogP contribution in [-0.2, 0) is 0 Å². The summed E-state index contributed by atoms with van der Waals surface area (Å²) < 4.78 is 18.4. The predicted molar refractivity (Wildman–Crippen MR) is 84.7 cm³/mol. The van der Waals surface area contributed by atoms with Crippen molar-refractivity contribution in [2.75, 3.05) is 12.0 Å². The fourth-order valence-corrected chi connectivity index (χ4v) is 2.03. The van der Waals surface area contributed by atoms with Crippen molar-refractivity contribution < 1.29 is 13.9 Å². The van der Waals surface area contributed by atoms with Crippen LogP contribution in [0.15, 0.2) is 36.4 Å². The molecule has 2 amide bonds. The normalized spacial score (nSPS) is 10.2. The van der Waals surface area contributed by atoms with Gasteiger partial charge in [-0.1, -0.05) is 12.1 Å². The Balaban J connectivity index is 1.87. The topological polar surface area (TPSA) is 50.4 Å². The summed E-state index contributed by atoms with van der Waals surface area (Å²) in [4.78, 5) is 11.7. The first kappa shape index (κ1) is 15.8. The van der Waals surface area contributed by atoms with Crippen LogP contribution in [0.1, 0.15) is 16.7 Å². The van der Waals surface area contributed by atoms with E-state index in [1.165, 1.54) is 24.3 Å². The van der Waals surface area contributed by atoms with E-state index in [2.05, 4.69) is 10.6 Å². The molecular weight excluding hydrogens is 283 g/mol. The Labute approximate surface area is 129 Å². The Morgan fingerprint density at radius 1 is 1.05 bits per heavy atom. The van der Waals surface area contributed by atoms with Crippen LogP contribution in [0.4, 0.5) is 14.9 Å². The van der Waals surface area contributed by atoms with E-state index in [0.717, 1.165) is 22.4 Å². The Morgan fingerprint density at radius 2 is 1.68 bits per heavy atom. The lowest BCUT2D eigenvalue weighted by atomic mass is 10.1. The number of rotatable bonds is 4. The van der Waals surface area contributed by atoms with Gasteiger partial charge in [-0.25, -0.2) is 9.18 Å². The number of anilines is 1. The molecule has 2 aromatic carbocycles. The highest BCUT2D eigenvalue weighted by molar-refractivity contribution is 5.89. The number of benzene rings is 2. The lowest BCUT2D eigenvalue weighted by molar-refractivity contribution is 0.234. The maximum Gasteiger partial charge on any atom is 0.321 e. The van der Waals surface area contributed by atoms with Crippen LogP contribution in [-0.4, -0.2) is 12.8 Å². The SMILES string of the molecule is Cc1ccc(C)c(OCNC(=O)Nc2ccc(F)cc2)c1C. The molecule has 22 heavy (non-hydrogen) atoms. The van der Waals surface area contributed by atoms with Crippen LogP contribution in [0, 0.1) is 26.6 Å². The van der Waals surface area contributed by atoms with Crippen molar-refractivity contribution in [3.05, 3.63) is 58.9 Å². The molecule has 0 heterocycles. The zero-order chi connectivity index (χ0) is 16.1. The van der Waals surface area contributed by atoms with Gasteiger partial charge in [0.1, 0.15) is 11.6 Å². The van der Waals surface area contributed by atoms with E-state index in [1.54, 1.807) is 0 Å². The number of urea groups is 1. The van der Waals surface area contributed by atoms with Crippen LogP contribution in [0.5, 0.6) is 5.75 Å². The van der Waals surface area contributed by atoms with Gasteiger partial charge in [0.2, 0.25) is 0 Å². The maximum atomic E-state index is 12.8. The Morgan fingerprint density at radius 3 is 2.36 bits per heavy atom. The molecule has 2 aromatic rings. The van der Waals surface area contributed by atoms with Crippen LogP contribution in [0.3, 0.4) is 0 Å². The summed E-state index contributed by atoms with van der Waals surface area (Å²) >= 11 is 0. The molecule has 5 heteroatoms. The molecule has 0 saturated carbocycles. The smallest absolute Gasteiger partial charge is 0.321 e. The Kier molecular flexibility index (Phi) is 4.99. The second-order valence-corrected chi connectivity index (χ2v) is 5.08. The third kappa shape index (κ3) is 3.97. The molecule has 0 atom stereocenters. The van der Waals surface area contributed by atoms with Crippen molar-refractivity contribution >= 4 is 11.7 Å². The van der Waals surface area contributed by atoms with Crippen molar-refractivity contribution in [2.45, 2.75) is 20.8 Å². The second-order valence-electron chi connectivity index (χ2n) is 5.08. The van der Waals surface area contributed by atoms with Crippen LogP contribution >= 0.6 is 0 Å². The van der Waals surface area contributed by atoms with Gasteiger partial charge in [-0.05, 0) is 61.7 Å². The van der Waals surface area contributed by atoms with Gasteiger partial charge in [0, 0.05) is 5.69 Å². The molecule has 4 nitrogen and oxygen atoms in total. The van der Waals surface area contributed by atoms with E-state index in [9.17, 15) is 9.18 Å². The van der Waals surface area contributed by atoms with E-state index in [-0.39, 0.29) is 12.5 Å². The molecule has 0 aliphatic heterocycles. The van der Waals surface area contributed by atoms with Crippen molar-refractivity contribution in [3.63, 3.8) is 0 Å². The Bertz CT molecular complexity index is 669. The second kappa shape index (κ2) is 6.93. The molecule has 2 N–H and O–H groups in total. The monoisotopic (exact) mass is 302 g/mol. The van der Waals surface area contributed by atoms with E-state index in [0.29, 0.717) is 5.69 Å². The van der Waals surface area contributed by atoms with Gasteiger partial charge in [-0.2, -0.15) is 0 Å². The standard InChI is InChI=1S/C17H19FN2O2/c1-11-4-5-12(2)16(13(11)3)22-10-19-17(21)20-15-8-6-14(18)7-9-15/h4-9H,10H2,1-3H3,(H2,19,20,21). The molecule has 0 bridgehead atoms. The van der Waals surface area contributed by atoms with E-state index >= 15 is 0 Å². The Hall–Kier alpha value is -2.56. The van der Waals surface area contributed by atoms with Crippen LogP contribution < -0.4 is 15.4 Å². The highest BCUT2D eigenvalue weighted by Crippen LogP contribution is 2.25.